The molecule has 0 saturated heterocycles. The summed E-state index contributed by atoms with van der Waals surface area (Å²) in [5, 5.41) is 0. The Morgan fingerprint density at radius 1 is 1.53 bits per heavy atom. The maximum atomic E-state index is 12.9. The number of halogens is 2. The molecule has 0 saturated carbocycles. The Balaban J connectivity index is 3.52. The van der Waals surface area contributed by atoms with E-state index in [-0.39, 0.29) is 23.6 Å². The third-order valence-corrected chi connectivity index (χ3v) is 2.18. The van der Waals surface area contributed by atoms with E-state index in [0.717, 1.165) is 7.11 Å². The minimum atomic E-state index is -2.90. The van der Waals surface area contributed by atoms with Gasteiger partial charge in [0, 0.05) is 12.7 Å². The van der Waals surface area contributed by atoms with Gasteiger partial charge in [0.15, 0.2) is 0 Å². The second-order valence-electron chi connectivity index (χ2n) is 3.08. The number of ether oxygens (including phenoxy) is 2. The van der Waals surface area contributed by atoms with Crippen molar-refractivity contribution in [2.24, 2.45) is 5.73 Å². The highest BCUT2D eigenvalue weighted by molar-refractivity contribution is 5.93. The number of nitrogens with two attached hydrogens (primary N) is 1. The third-order valence-electron chi connectivity index (χ3n) is 2.18. The number of rotatable bonds is 4. The summed E-state index contributed by atoms with van der Waals surface area (Å²) in [5.74, 6) is -1.20. The van der Waals surface area contributed by atoms with Crippen LogP contribution < -0.4 is 10.5 Å². The van der Waals surface area contributed by atoms with Crippen LogP contribution in [0.3, 0.4) is 0 Å². The van der Waals surface area contributed by atoms with Gasteiger partial charge in [-0.05, 0) is 5.56 Å². The van der Waals surface area contributed by atoms with Crippen molar-refractivity contribution in [3.63, 3.8) is 0 Å². The second kappa shape index (κ2) is 5.53. The minimum Gasteiger partial charge on any atom is -0.481 e. The maximum absolute atomic E-state index is 12.9. The summed E-state index contributed by atoms with van der Waals surface area (Å²) in [6.45, 7) is -0.0961. The van der Waals surface area contributed by atoms with Crippen LogP contribution in [-0.4, -0.2) is 25.2 Å². The molecular weight excluding hydrogens is 234 g/mol. The number of hydrogen-bond donors (Lipinski definition) is 1. The molecule has 0 unspecified atom stereocenters. The quantitative estimate of drug-likeness (QED) is 0.810. The van der Waals surface area contributed by atoms with Gasteiger partial charge < -0.3 is 15.2 Å². The van der Waals surface area contributed by atoms with Crippen LogP contribution in [0.25, 0.3) is 0 Å². The molecule has 0 spiro atoms. The Hall–Kier alpha value is -1.76. The summed E-state index contributed by atoms with van der Waals surface area (Å²) in [7, 11) is 2.29. The van der Waals surface area contributed by atoms with E-state index in [4.69, 9.17) is 10.5 Å². The SMILES string of the molecule is COC(=O)c1c(CN)cnc(OC)c1C(F)F. The number of carbonyl (C=O) groups is 1. The van der Waals surface area contributed by atoms with Crippen molar-refractivity contribution >= 4 is 5.97 Å². The zero-order valence-electron chi connectivity index (χ0n) is 9.37. The molecule has 0 aliphatic heterocycles. The van der Waals surface area contributed by atoms with E-state index >= 15 is 0 Å². The lowest BCUT2D eigenvalue weighted by Crippen LogP contribution is -2.15. The van der Waals surface area contributed by atoms with Crippen LogP contribution in [0.1, 0.15) is 27.9 Å². The van der Waals surface area contributed by atoms with Crippen LogP contribution in [0.4, 0.5) is 8.78 Å². The van der Waals surface area contributed by atoms with Crippen molar-refractivity contribution in [2.75, 3.05) is 14.2 Å². The van der Waals surface area contributed by atoms with E-state index in [1.54, 1.807) is 0 Å². The Morgan fingerprint density at radius 3 is 2.59 bits per heavy atom. The number of aromatic nitrogens is 1. The van der Waals surface area contributed by atoms with Crippen LogP contribution in [-0.2, 0) is 11.3 Å². The van der Waals surface area contributed by atoms with Crippen molar-refractivity contribution in [1.82, 2.24) is 4.98 Å². The zero-order valence-corrected chi connectivity index (χ0v) is 9.37. The summed E-state index contributed by atoms with van der Waals surface area (Å²) < 4.78 is 35.0. The van der Waals surface area contributed by atoms with E-state index in [2.05, 4.69) is 9.72 Å². The molecule has 1 rings (SSSR count). The van der Waals surface area contributed by atoms with E-state index in [9.17, 15) is 13.6 Å². The topological polar surface area (TPSA) is 74.4 Å². The Morgan fingerprint density at radius 2 is 2.18 bits per heavy atom. The van der Waals surface area contributed by atoms with Gasteiger partial charge in [0.1, 0.15) is 0 Å². The molecule has 1 heterocycles. The third kappa shape index (κ3) is 2.50. The van der Waals surface area contributed by atoms with E-state index in [1.165, 1.54) is 13.3 Å². The maximum Gasteiger partial charge on any atom is 0.338 e. The van der Waals surface area contributed by atoms with Gasteiger partial charge in [-0.3, -0.25) is 0 Å². The Bertz CT molecular complexity index is 424. The summed E-state index contributed by atoms with van der Waals surface area (Å²) in [4.78, 5) is 15.2. The van der Waals surface area contributed by atoms with E-state index < -0.39 is 18.0 Å². The molecule has 5 nitrogen and oxygen atoms in total. The summed E-state index contributed by atoms with van der Waals surface area (Å²) in [6, 6.07) is 0. The van der Waals surface area contributed by atoms with Crippen LogP contribution >= 0.6 is 0 Å². The predicted molar refractivity (Wildman–Crippen MR) is 55.0 cm³/mol. The van der Waals surface area contributed by atoms with Crippen LogP contribution in [0.15, 0.2) is 6.20 Å². The molecule has 0 radical (unpaired) electrons. The molecule has 0 aliphatic carbocycles. The van der Waals surface area contributed by atoms with Crippen molar-refractivity contribution in [3.05, 3.63) is 22.9 Å². The first kappa shape index (κ1) is 13.3. The zero-order chi connectivity index (χ0) is 13.0. The first-order chi connectivity index (χ1) is 8.06. The first-order valence-corrected chi connectivity index (χ1v) is 4.69. The summed E-state index contributed by atoms with van der Waals surface area (Å²) in [6.07, 6.45) is -1.69. The van der Waals surface area contributed by atoms with Gasteiger partial charge >= 0.3 is 5.97 Å². The molecule has 0 aliphatic rings. The highest BCUT2D eigenvalue weighted by atomic mass is 19.3. The number of alkyl halides is 2. The van der Waals surface area contributed by atoms with Gasteiger partial charge in [-0.15, -0.1) is 0 Å². The number of carbonyl (C=O) groups excluding carboxylic acids is 1. The highest BCUT2D eigenvalue weighted by Gasteiger charge is 2.27. The molecule has 0 fully saturated rings. The van der Waals surface area contributed by atoms with Crippen LogP contribution in [0.2, 0.25) is 0 Å². The van der Waals surface area contributed by atoms with Crippen molar-refractivity contribution in [2.45, 2.75) is 13.0 Å². The standard InChI is InChI=1S/C10H12F2N2O3/c1-16-9-7(8(11)12)6(10(15)17-2)5(3-13)4-14-9/h4,8H,3,13H2,1-2H3. The largest absolute Gasteiger partial charge is 0.481 e. The van der Waals surface area contributed by atoms with E-state index in [1.807, 2.05) is 0 Å². The fourth-order valence-electron chi connectivity index (χ4n) is 1.41. The molecular formula is C10H12F2N2O3. The fraction of sp³-hybridized carbons (Fsp3) is 0.400. The number of pyridine rings is 1. The molecule has 1 aromatic rings. The van der Waals surface area contributed by atoms with Gasteiger partial charge in [0.05, 0.1) is 25.3 Å². The second-order valence-corrected chi connectivity index (χ2v) is 3.08. The van der Waals surface area contributed by atoms with Crippen LogP contribution in [0.5, 0.6) is 5.88 Å². The lowest BCUT2D eigenvalue weighted by atomic mass is 10.0. The number of nitrogens with zero attached hydrogens (tertiary/aromatic N) is 1. The minimum absolute atomic E-state index is 0.0961. The molecule has 17 heavy (non-hydrogen) atoms. The van der Waals surface area contributed by atoms with Crippen molar-refractivity contribution in [1.29, 1.82) is 0 Å². The molecule has 0 atom stereocenters. The Kier molecular flexibility index (Phi) is 4.33. The lowest BCUT2D eigenvalue weighted by molar-refractivity contribution is 0.0585. The molecule has 94 valence electrons. The Labute approximate surface area is 96.5 Å². The van der Waals surface area contributed by atoms with Crippen molar-refractivity contribution in [3.8, 4) is 5.88 Å². The van der Waals surface area contributed by atoms with Gasteiger partial charge in [-0.25, -0.2) is 18.6 Å². The average Bonchev–Trinajstić information content (AvgIpc) is 2.35. The first-order valence-electron chi connectivity index (χ1n) is 4.69. The normalized spacial score (nSPS) is 10.5. The molecule has 7 heteroatoms. The summed E-state index contributed by atoms with van der Waals surface area (Å²) in [5.41, 5.74) is 4.68. The smallest absolute Gasteiger partial charge is 0.338 e. The monoisotopic (exact) mass is 246 g/mol. The molecule has 1 aromatic heterocycles. The van der Waals surface area contributed by atoms with E-state index in [0.29, 0.717) is 0 Å². The number of hydrogen-bond acceptors (Lipinski definition) is 5. The highest BCUT2D eigenvalue weighted by Crippen LogP contribution is 2.32. The van der Waals surface area contributed by atoms with Gasteiger partial charge in [0.25, 0.3) is 6.43 Å². The predicted octanol–water partition coefficient (Wildman–Crippen LogP) is 1.27. The number of methoxy groups -OCH3 is 2. The molecule has 2 N–H and O–H groups in total. The summed E-state index contributed by atoms with van der Waals surface area (Å²) >= 11 is 0. The van der Waals surface area contributed by atoms with Crippen molar-refractivity contribution < 1.29 is 23.0 Å². The van der Waals surface area contributed by atoms with Crippen LogP contribution in [0, 0.1) is 0 Å². The fourth-order valence-corrected chi connectivity index (χ4v) is 1.41. The molecule has 0 amide bonds. The van der Waals surface area contributed by atoms with Gasteiger partial charge in [0.2, 0.25) is 5.88 Å². The average molecular weight is 246 g/mol. The lowest BCUT2D eigenvalue weighted by Gasteiger charge is -2.14. The van der Waals surface area contributed by atoms with Gasteiger partial charge in [-0.1, -0.05) is 0 Å². The molecule has 0 aromatic carbocycles. The molecule has 0 bridgehead atoms. The van der Waals surface area contributed by atoms with Gasteiger partial charge in [-0.2, -0.15) is 0 Å². The number of esters is 1.